The summed E-state index contributed by atoms with van der Waals surface area (Å²) in [4.78, 5) is 4.55. The molecule has 3 atom stereocenters. The Balaban J connectivity index is 1.80. The molecular weight excluding hydrogens is 242 g/mol. The van der Waals surface area contributed by atoms with Crippen molar-refractivity contribution < 1.29 is 5.11 Å². The first-order valence-corrected chi connectivity index (χ1v) is 8.14. The van der Waals surface area contributed by atoms with Crippen LogP contribution in [0.4, 0.5) is 0 Å². The Morgan fingerprint density at radius 2 is 2.22 bits per heavy atom. The zero-order chi connectivity index (χ0) is 12.4. The van der Waals surface area contributed by atoms with Crippen LogP contribution in [-0.2, 0) is 6.42 Å². The van der Waals surface area contributed by atoms with E-state index in [1.807, 2.05) is 24.0 Å². The summed E-state index contributed by atoms with van der Waals surface area (Å²) in [6.07, 6.45) is 8.85. The minimum atomic E-state index is -0.204. The molecule has 3 rings (SSSR count). The van der Waals surface area contributed by atoms with E-state index in [1.54, 1.807) is 0 Å². The Labute approximate surface area is 113 Å². The van der Waals surface area contributed by atoms with E-state index in [0.29, 0.717) is 5.25 Å². The maximum atomic E-state index is 10.7. The van der Waals surface area contributed by atoms with Gasteiger partial charge in [-0.15, -0.1) is 0 Å². The third-order valence-corrected chi connectivity index (χ3v) is 5.71. The van der Waals surface area contributed by atoms with Crippen molar-refractivity contribution in [3.05, 3.63) is 29.6 Å². The van der Waals surface area contributed by atoms with E-state index in [4.69, 9.17) is 0 Å². The van der Waals surface area contributed by atoms with Crippen molar-refractivity contribution in [3.63, 3.8) is 0 Å². The SMILES string of the molecule is OC(C1CCCCS1)C1CCCc2cccnc21. The fraction of sp³-hybridized carbons (Fsp3) is 0.667. The van der Waals surface area contributed by atoms with Crippen molar-refractivity contribution in [3.8, 4) is 0 Å². The number of aliphatic hydroxyl groups is 1. The number of thioether (sulfide) groups is 1. The fourth-order valence-corrected chi connectivity index (χ4v) is 4.67. The summed E-state index contributed by atoms with van der Waals surface area (Å²) < 4.78 is 0. The van der Waals surface area contributed by atoms with Gasteiger partial charge in [-0.25, -0.2) is 0 Å². The van der Waals surface area contributed by atoms with Gasteiger partial charge in [0.25, 0.3) is 0 Å². The van der Waals surface area contributed by atoms with Gasteiger partial charge in [0, 0.05) is 23.1 Å². The topological polar surface area (TPSA) is 33.1 Å². The van der Waals surface area contributed by atoms with Crippen LogP contribution in [0.3, 0.4) is 0 Å². The molecule has 0 radical (unpaired) electrons. The molecule has 0 saturated carbocycles. The lowest BCUT2D eigenvalue weighted by Gasteiger charge is -2.34. The van der Waals surface area contributed by atoms with Crippen molar-refractivity contribution in [1.29, 1.82) is 0 Å². The molecule has 2 nitrogen and oxygen atoms in total. The second-order valence-electron chi connectivity index (χ2n) is 5.44. The van der Waals surface area contributed by atoms with Gasteiger partial charge in [0.1, 0.15) is 0 Å². The summed E-state index contributed by atoms with van der Waals surface area (Å²) in [6, 6.07) is 4.19. The van der Waals surface area contributed by atoms with E-state index in [2.05, 4.69) is 11.1 Å². The number of rotatable bonds is 2. The molecule has 2 aliphatic rings. The molecular formula is C15H21NOS. The van der Waals surface area contributed by atoms with Gasteiger partial charge >= 0.3 is 0 Å². The number of pyridine rings is 1. The molecule has 3 heteroatoms. The largest absolute Gasteiger partial charge is 0.391 e. The molecule has 1 aromatic rings. The van der Waals surface area contributed by atoms with Crippen LogP contribution in [0.5, 0.6) is 0 Å². The average molecular weight is 263 g/mol. The number of hydrogen-bond donors (Lipinski definition) is 1. The summed E-state index contributed by atoms with van der Waals surface area (Å²) in [5, 5.41) is 11.1. The highest BCUT2D eigenvalue weighted by Gasteiger charge is 2.33. The quantitative estimate of drug-likeness (QED) is 0.890. The molecule has 0 spiro atoms. The zero-order valence-electron chi connectivity index (χ0n) is 10.7. The average Bonchev–Trinajstić information content (AvgIpc) is 2.47. The number of nitrogens with zero attached hydrogens (tertiary/aromatic N) is 1. The van der Waals surface area contributed by atoms with Gasteiger partial charge in [0.15, 0.2) is 0 Å². The molecule has 1 N–H and O–H groups in total. The minimum absolute atomic E-state index is 0.204. The summed E-state index contributed by atoms with van der Waals surface area (Å²) in [5.74, 6) is 1.48. The van der Waals surface area contributed by atoms with Crippen molar-refractivity contribution in [1.82, 2.24) is 4.98 Å². The Morgan fingerprint density at radius 3 is 3.06 bits per heavy atom. The fourth-order valence-electron chi connectivity index (χ4n) is 3.27. The molecule has 1 saturated heterocycles. The molecule has 0 aromatic carbocycles. The molecule has 0 amide bonds. The molecule has 1 aromatic heterocycles. The van der Waals surface area contributed by atoms with Crippen LogP contribution in [0.2, 0.25) is 0 Å². The number of fused-ring (bicyclic) bond motifs is 1. The Bertz CT molecular complexity index is 403. The second kappa shape index (κ2) is 5.62. The predicted molar refractivity (Wildman–Crippen MR) is 76.0 cm³/mol. The van der Waals surface area contributed by atoms with E-state index in [-0.39, 0.29) is 12.0 Å². The van der Waals surface area contributed by atoms with Crippen LogP contribution in [0.1, 0.15) is 49.3 Å². The first kappa shape index (κ1) is 12.5. The molecule has 1 fully saturated rings. The van der Waals surface area contributed by atoms with Gasteiger partial charge in [-0.2, -0.15) is 11.8 Å². The number of aliphatic hydroxyl groups excluding tert-OH is 1. The first-order chi connectivity index (χ1) is 8.86. The molecule has 1 aliphatic carbocycles. The maximum Gasteiger partial charge on any atom is 0.0742 e. The van der Waals surface area contributed by atoms with Crippen LogP contribution in [0, 0.1) is 0 Å². The lowest BCUT2D eigenvalue weighted by Crippen LogP contribution is -2.34. The lowest BCUT2D eigenvalue weighted by atomic mass is 9.81. The molecule has 1 aliphatic heterocycles. The third-order valence-electron chi connectivity index (χ3n) is 4.25. The van der Waals surface area contributed by atoms with Crippen LogP contribution in [0.25, 0.3) is 0 Å². The Morgan fingerprint density at radius 1 is 1.28 bits per heavy atom. The van der Waals surface area contributed by atoms with Gasteiger partial charge in [0.05, 0.1) is 6.10 Å². The molecule has 2 heterocycles. The first-order valence-electron chi connectivity index (χ1n) is 7.10. The normalized spacial score (nSPS) is 29.6. The molecule has 0 bridgehead atoms. The Hall–Kier alpha value is -0.540. The summed E-state index contributed by atoms with van der Waals surface area (Å²) in [7, 11) is 0. The van der Waals surface area contributed by atoms with E-state index < -0.39 is 0 Å². The van der Waals surface area contributed by atoms with Gasteiger partial charge in [-0.1, -0.05) is 12.5 Å². The summed E-state index contributed by atoms with van der Waals surface area (Å²) in [6.45, 7) is 0. The maximum absolute atomic E-state index is 10.7. The molecule has 3 unspecified atom stereocenters. The van der Waals surface area contributed by atoms with Crippen LogP contribution in [-0.4, -0.2) is 27.2 Å². The lowest BCUT2D eigenvalue weighted by molar-refractivity contribution is 0.125. The van der Waals surface area contributed by atoms with Crippen molar-refractivity contribution in [2.45, 2.75) is 55.8 Å². The van der Waals surface area contributed by atoms with Gasteiger partial charge in [-0.05, 0) is 49.5 Å². The second-order valence-corrected chi connectivity index (χ2v) is 6.79. The van der Waals surface area contributed by atoms with Gasteiger partial charge in [-0.3, -0.25) is 4.98 Å². The summed E-state index contributed by atoms with van der Waals surface area (Å²) >= 11 is 1.96. The molecule has 18 heavy (non-hydrogen) atoms. The predicted octanol–water partition coefficient (Wildman–Crippen LogP) is 3.15. The van der Waals surface area contributed by atoms with E-state index >= 15 is 0 Å². The van der Waals surface area contributed by atoms with Crippen LogP contribution < -0.4 is 0 Å². The van der Waals surface area contributed by atoms with Gasteiger partial charge < -0.3 is 5.11 Å². The Kier molecular flexibility index (Phi) is 3.90. The van der Waals surface area contributed by atoms with Crippen LogP contribution in [0.15, 0.2) is 18.3 Å². The van der Waals surface area contributed by atoms with Crippen molar-refractivity contribution in [2.75, 3.05) is 5.75 Å². The number of aromatic nitrogens is 1. The van der Waals surface area contributed by atoms with E-state index in [0.717, 1.165) is 12.8 Å². The zero-order valence-corrected chi connectivity index (χ0v) is 11.5. The highest BCUT2D eigenvalue weighted by Crippen LogP contribution is 2.38. The van der Waals surface area contributed by atoms with E-state index in [9.17, 15) is 5.11 Å². The van der Waals surface area contributed by atoms with Crippen molar-refractivity contribution >= 4 is 11.8 Å². The smallest absolute Gasteiger partial charge is 0.0742 e. The summed E-state index contributed by atoms with van der Waals surface area (Å²) in [5.41, 5.74) is 2.52. The molecule has 98 valence electrons. The minimum Gasteiger partial charge on any atom is -0.391 e. The highest BCUT2D eigenvalue weighted by atomic mass is 32.2. The number of hydrogen-bond acceptors (Lipinski definition) is 3. The monoisotopic (exact) mass is 263 g/mol. The number of aryl methyl sites for hydroxylation is 1. The van der Waals surface area contributed by atoms with Crippen LogP contribution >= 0.6 is 11.8 Å². The highest BCUT2D eigenvalue weighted by molar-refractivity contribution is 8.00. The van der Waals surface area contributed by atoms with Gasteiger partial charge in [0.2, 0.25) is 0 Å². The third kappa shape index (κ3) is 2.43. The standard InChI is InChI=1S/C15H21NOS/c17-15(13-8-1-2-10-18-13)12-7-3-5-11-6-4-9-16-14(11)12/h4,6,9,12-13,15,17H,1-3,5,7-8,10H2. The van der Waals surface area contributed by atoms with Crippen molar-refractivity contribution in [2.24, 2.45) is 0 Å². The van der Waals surface area contributed by atoms with E-state index in [1.165, 1.54) is 42.7 Å².